The van der Waals surface area contributed by atoms with E-state index in [1.165, 1.54) is 0 Å². The number of aliphatic imine (C=N–C) groups is 1. The Labute approximate surface area is 186 Å². The molecule has 3 aromatic heterocycles. The molecular weight excluding hydrogens is 408 g/mol. The Kier molecular flexibility index (Phi) is 6.59. The zero-order valence-corrected chi connectivity index (χ0v) is 18.7. The number of aliphatic hydroxyl groups excluding tert-OH is 1. The fourth-order valence-corrected chi connectivity index (χ4v) is 3.68. The van der Waals surface area contributed by atoms with Crippen molar-refractivity contribution in [3.8, 4) is 5.88 Å². The topological polar surface area (TPSA) is 106 Å². The highest BCUT2D eigenvalue weighted by Gasteiger charge is 2.22. The van der Waals surface area contributed by atoms with E-state index in [4.69, 9.17) is 9.47 Å². The minimum absolute atomic E-state index is 0.104. The second-order valence-corrected chi connectivity index (χ2v) is 7.71. The second-order valence-electron chi connectivity index (χ2n) is 7.71. The molecule has 168 valence electrons. The largest absolute Gasteiger partial charge is 0.480 e. The average Bonchev–Trinajstić information content (AvgIpc) is 3.27. The van der Waals surface area contributed by atoms with Gasteiger partial charge in [-0.05, 0) is 50.2 Å². The smallest absolute Gasteiger partial charge is 0.252 e. The van der Waals surface area contributed by atoms with E-state index in [1.807, 2.05) is 36.8 Å². The van der Waals surface area contributed by atoms with E-state index in [-0.39, 0.29) is 18.6 Å². The molecule has 0 unspecified atom stereocenters. The van der Waals surface area contributed by atoms with Crippen molar-refractivity contribution in [2.45, 2.75) is 32.4 Å². The van der Waals surface area contributed by atoms with Crippen LogP contribution in [-0.2, 0) is 4.74 Å². The van der Waals surface area contributed by atoms with Crippen molar-refractivity contribution in [2.75, 3.05) is 27.4 Å². The summed E-state index contributed by atoms with van der Waals surface area (Å²) in [5.41, 5.74) is 5.10. The molecule has 1 aliphatic rings. The lowest BCUT2D eigenvalue weighted by molar-refractivity contribution is 0.0528. The Morgan fingerprint density at radius 3 is 3.00 bits per heavy atom. The van der Waals surface area contributed by atoms with E-state index in [9.17, 15) is 5.11 Å². The maximum absolute atomic E-state index is 10.1. The van der Waals surface area contributed by atoms with Crippen LogP contribution in [0.5, 0.6) is 5.88 Å². The lowest BCUT2D eigenvalue weighted by atomic mass is 9.96. The van der Waals surface area contributed by atoms with Gasteiger partial charge < -0.3 is 19.9 Å². The molecule has 1 saturated heterocycles. The molecule has 0 spiro atoms. The van der Waals surface area contributed by atoms with E-state index >= 15 is 0 Å². The Morgan fingerprint density at radius 1 is 1.41 bits per heavy atom. The summed E-state index contributed by atoms with van der Waals surface area (Å²) in [6, 6.07) is 6.15. The molecule has 0 radical (unpaired) electrons. The van der Waals surface area contributed by atoms with Gasteiger partial charge >= 0.3 is 0 Å². The molecule has 0 aliphatic carbocycles. The Bertz CT molecular complexity index is 1170. The molecule has 9 nitrogen and oxygen atoms in total. The molecule has 3 aromatic rings. The highest BCUT2D eigenvalue weighted by molar-refractivity contribution is 5.91. The quantitative estimate of drug-likeness (QED) is 0.611. The van der Waals surface area contributed by atoms with E-state index in [0.29, 0.717) is 24.6 Å². The van der Waals surface area contributed by atoms with Crippen LogP contribution in [0.25, 0.3) is 11.1 Å². The van der Waals surface area contributed by atoms with Gasteiger partial charge in [-0.15, -0.1) is 0 Å². The van der Waals surface area contributed by atoms with Crippen molar-refractivity contribution >= 4 is 22.7 Å². The number of methoxy groups -OCH3 is 1. The first-order chi connectivity index (χ1) is 15.5. The molecule has 32 heavy (non-hydrogen) atoms. The van der Waals surface area contributed by atoms with Gasteiger partial charge in [0.1, 0.15) is 6.10 Å². The molecule has 1 aliphatic heterocycles. The van der Waals surface area contributed by atoms with Crippen molar-refractivity contribution < 1.29 is 14.6 Å². The number of pyridine rings is 1. The van der Waals surface area contributed by atoms with Gasteiger partial charge in [0, 0.05) is 24.9 Å². The lowest BCUT2D eigenvalue weighted by Gasteiger charge is -2.20. The van der Waals surface area contributed by atoms with Crippen LogP contribution >= 0.6 is 0 Å². The highest BCUT2D eigenvalue weighted by Crippen LogP contribution is 2.34. The molecule has 4 heterocycles. The van der Waals surface area contributed by atoms with Gasteiger partial charge in [0.15, 0.2) is 0 Å². The number of aromatic nitrogens is 4. The molecule has 0 amide bonds. The van der Waals surface area contributed by atoms with Crippen LogP contribution in [0.1, 0.15) is 30.2 Å². The van der Waals surface area contributed by atoms with Gasteiger partial charge in [-0.3, -0.25) is 0 Å². The van der Waals surface area contributed by atoms with Gasteiger partial charge in [0.25, 0.3) is 5.95 Å². The van der Waals surface area contributed by atoms with Crippen LogP contribution in [0.4, 0.5) is 5.95 Å². The average molecular weight is 437 g/mol. The molecule has 0 saturated carbocycles. The summed E-state index contributed by atoms with van der Waals surface area (Å²) in [7, 11) is 3.50. The Morgan fingerprint density at radius 2 is 2.25 bits per heavy atom. The van der Waals surface area contributed by atoms with Crippen LogP contribution in [0, 0.1) is 6.92 Å². The number of hydrogen-bond acceptors (Lipinski definition) is 8. The normalized spacial score (nSPS) is 19.5. The van der Waals surface area contributed by atoms with Crippen LogP contribution in [0.3, 0.4) is 0 Å². The first-order valence-electron chi connectivity index (χ1n) is 10.6. The fourth-order valence-electron chi connectivity index (χ4n) is 3.68. The number of hydrogen-bond donors (Lipinski definition) is 2. The van der Waals surface area contributed by atoms with E-state index in [1.54, 1.807) is 13.3 Å². The molecular formula is C23H28N6O3. The summed E-state index contributed by atoms with van der Waals surface area (Å²) in [6.07, 6.45) is 5.63. The summed E-state index contributed by atoms with van der Waals surface area (Å²) in [5.74, 6) is 0.702. The third kappa shape index (κ3) is 4.55. The summed E-state index contributed by atoms with van der Waals surface area (Å²) < 4.78 is 12.8. The minimum atomic E-state index is -0.743. The summed E-state index contributed by atoms with van der Waals surface area (Å²) >= 11 is 0. The van der Waals surface area contributed by atoms with Crippen molar-refractivity contribution in [1.29, 1.82) is 0 Å². The molecule has 0 bridgehead atoms. The van der Waals surface area contributed by atoms with Crippen LogP contribution < -0.4 is 10.1 Å². The van der Waals surface area contributed by atoms with Crippen molar-refractivity contribution in [3.05, 3.63) is 53.5 Å². The predicted octanol–water partition coefficient (Wildman–Crippen LogP) is 2.33. The van der Waals surface area contributed by atoms with Gasteiger partial charge in [0.05, 0.1) is 42.8 Å². The molecule has 0 aromatic carbocycles. The summed E-state index contributed by atoms with van der Waals surface area (Å²) in [5, 5.41) is 17.7. The summed E-state index contributed by atoms with van der Waals surface area (Å²) in [6.45, 7) is 4.75. The van der Waals surface area contributed by atoms with Crippen LogP contribution in [-0.4, -0.2) is 69.9 Å². The number of aliphatic hydroxyl groups is 1. The molecule has 1 fully saturated rings. The number of rotatable bonds is 6. The number of fused-ring (bicyclic) bond motifs is 1. The zero-order chi connectivity index (χ0) is 22.7. The SMILES string of the molecule is CN[C@H](C)/C=C(/c1ccn2nccc2c1)c1c(C)nc(/N=C2\CCOC[C@H]2O)nc1OC. The number of nitrogens with zero attached hydrogens (tertiary/aromatic N) is 5. The molecule has 2 atom stereocenters. The monoisotopic (exact) mass is 436 g/mol. The third-order valence-electron chi connectivity index (χ3n) is 5.50. The Hall–Kier alpha value is -3.14. The van der Waals surface area contributed by atoms with E-state index < -0.39 is 6.10 Å². The first-order valence-corrected chi connectivity index (χ1v) is 10.6. The summed E-state index contributed by atoms with van der Waals surface area (Å²) in [4.78, 5) is 13.7. The van der Waals surface area contributed by atoms with E-state index in [2.05, 4.69) is 44.4 Å². The number of ether oxygens (including phenoxy) is 2. The third-order valence-corrected chi connectivity index (χ3v) is 5.50. The lowest BCUT2D eigenvalue weighted by Crippen LogP contribution is -2.32. The van der Waals surface area contributed by atoms with Gasteiger partial charge in [-0.1, -0.05) is 6.08 Å². The maximum atomic E-state index is 10.1. The first kappa shape index (κ1) is 22.1. The van der Waals surface area contributed by atoms with Crippen LogP contribution in [0.15, 0.2) is 41.7 Å². The fraction of sp³-hybridized carbons (Fsp3) is 0.391. The van der Waals surface area contributed by atoms with Crippen molar-refractivity contribution in [3.63, 3.8) is 0 Å². The van der Waals surface area contributed by atoms with Crippen molar-refractivity contribution in [1.82, 2.24) is 24.9 Å². The minimum Gasteiger partial charge on any atom is -0.480 e. The maximum Gasteiger partial charge on any atom is 0.252 e. The predicted molar refractivity (Wildman–Crippen MR) is 123 cm³/mol. The zero-order valence-electron chi connectivity index (χ0n) is 18.7. The van der Waals surface area contributed by atoms with Gasteiger partial charge in [-0.2, -0.15) is 10.1 Å². The molecule has 9 heteroatoms. The van der Waals surface area contributed by atoms with Crippen LogP contribution in [0.2, 0.25) is 0 Å². The van der Waals surface area contributed by atoms with Crippen molar-refractivity contribution in [2.24, 2.45) is 4.99 Å². The standard InChI is InChI=1S/C23H28N6O3/c1-14(24-3)11-18(16-6-9-29-17(12-16)5-8-25-29)21-15(2)26-23(28-22(21)31-4)27-19-7-10-32-13-20(19)30/h5-6,8-9,11-12,14,20,24,30H,7,10,13H2,1-4H3/b18-11-,27-19+/t14-,20-/m1/s1. The number of likely N-dealkylation sites (N-methyl/N-ethyl adjacent to an activating group) is 1. The second kappa shape index (κ2) is 9.56. The Balaban J connectivity index is 1.83. The van der Waals surface area contributed by atoms with Gasteiger partial charge in [0.2, 0.25) is 5.88 Å². The number of aryl methyl sites for hydroxylation is 1. The van der Waals surface area contributed by atoms with E-state index in [0.717, 1.165) is 27.9 Å². The highest BCUT2D eigenvalue weighted by atomic mass is 16.5. The van der Waals surface area contributed by atoms with Gasteiger partial charge in [-0.25, -0.2) is 14.5 Å². The molecule has 2 N–H and O–H groups in total. The number of nitrogens with one attached hydrogen (secondary N) is 1. The molecule has 4 rings (SSSR count).